The summed E-state index contributed by atoms with van der Waals surface area (Å²) in [5, 5.41) is 9.51. The molecule has 1 unspecified atom stereocenters. The molecule has 10 heteroatoms. The number of esters is 1. The van der Waals surface area contributed by atoms with Crippen LogP contribution in [0.2, 0.25) is 10.0 Å². The normalized spacial score (nSPS) is 19.1. The molecule has 1 heterocycles. The predicted molar refractivity (Wildman–Crippen MR) is 135 cm³/mol. The van der Waals surface area contributed by atoms with E-state index >= 15 is 0 Å². The number of benzene rings is 2. The highest BCUT2D eigenvalue weighted by atomic mass is 35.5. The van der Waals surface area contributed by atoms with Crippen LogP contribution in [0.4, 0.5) is 10.5 Å². The molecule has 0 saturated carbocycles. The first-order chi connectivity index (χ1) is 16.5. The minimum atomic E-state index is -0.904. The van der Waals surface area contributed by atoms with Crippen LogP contribution in [0.3, 0.4) is 0 Å². The van der Waals surface area contributed by atoms with Crippen LogP contribution < -0.4 is 16.0 Å². The number of amides is 2. The number of rotatable bonds is 6. The van der Waals surface area contributed by atoms with E-state index in [1.807, 2.05) is 30.3 Å². The maximum absolute atomic E-state index is 13.1. The molecule has 0 aromatic heterocycles. The van der Waals surface area contributed by atoms with Crippen molar-refractivity contribution in [3.8, 4) is 0 Å². The number of ether oxygens (including phenoxy) is 2. The van der Waals surface area contributed by atoms with Crippen LogP contribution in [0, 0.1) is 5.92 Å². The zero-order valence-electron chi connectivity index (χ0n) is 20.0. The number of nitrogens with one attached hydrogen (secondary N) is 3. The van der Waals surface area contributed by atoms with Crippen molar-refractivity contribution in [2.45, 2.75) is 44.9 Å². The number of hydrogen-bond acceptors (Lipinski definition) is 6. The highest BCUT2D eigenvalue weighted by Gasteiger charge is 2.43. The Hall–Kier alpha value is -2.97. The average Bonchev–Trinajstić information content (AvgIpc) is 2.76. The van der Waals surface area contributed by atoms with E-state index in [9.17, 15) is 14.4 Å². The monoisotopic (exact) mass is 521 g/mol. The molecule has 0 saturated heterocycles. The predicted octanol–water partition coefficient (Wildman–Crippen LogP) is 4.50. The summed E-state index contributed by atoms with van der Waals surface area (Å²) in [6.07, 6.45) is -0.524. The molecule has 2 aromatic carbocycles. The van der Waals surface area contributed by atoms with Gasteiger partial charge in [0.05, 0.1) is 19.6 Å². The maximum Gasteiger partial charge on any atom is 0.407 e. The molecule has 0 radical (unpaired) electrons. The number of carbonyl (C=O) groups excluding carboxylic acids is 3. The minimum Gasteiger partial charge on any atom is -0.467 e. The Labute approximate surface area is 214 Å². The summed E-state index contributed by atoms with van der Waals surface area (Å²) in [4.78, 5) is 38.2. The first-order valence-electron chi connectivity index (χ1n) is 11.1. The van der Waals surface area contributed by atoms with Gasteiger partial charge in [0.1, 0.15) is 11.6 Å². The molecule has 35 heavy (non-hydrogen) atoms. The number of carbonyl (C=O) groups is 3. The SMILES string of the molecule is COC(=O)[C@H]1Nc2cc(Cl)cc(Cl)c2C(NC(=O)Cc2ccccc2)[C@@H]1CNC(=O)OC(C)(C)C. The Kier molecular flexibility index (Phi) is 8.51. The van der Waals surface area contributed by atoms with Crippen LogP contribution in [-0.2, 0) is 25.5 Å². The van der Waals surface area contributed by atoms with E-state index in [-0.39, 0.29) is 18.9 Å². The van der Waals surface area contributed by atoms with Gasteiger partial charge in [0.15, 0.2) is 0 Å². The molecule has 3 atom stereocenters. The number of fused-ring (bicyclic) bond motifs is 1. The Bertz CT molecular complexity index is 1090. The van der Waals surface area contributed by atoms with Crippen LogP contribution in [0.15, 0.2) is 42.5 Å². The fourth-order valence-corrected chi connectivity index (χ4v) is 4.61. The third-order valence-corrected chi connectivity index (χ3v) is 5.96. The lowest BCUT2D eigenvalue weighted by atomic mass is 9.82. The molecule has 0 fully saturated rings. The summed E-state index contributed by atoms with van der Waals surface area (Å²) in [6, 6.07) is 10.8. The fraction of sp³-hybridized carbons (Fsp3) is 0.400. The highest BCUT2D eigenvalue weighted by Crippen LogP contribution is 2.42. The number of alkyl carbamates (subject to hydrolysis) is 1. The molecule has 8 nitrogen and oxygen atoms in total. The molecule has 0 bridgehead atoms. The smallest absolute Gasteiger partial charge is 0.407 e. The quantitative estimate of drug-likeness (QED) is 0.483. The molecule has 3 rings (SSSR count). The average molecular weight is 522 g/mol. The lowest BCUT2D eigenvalue weighted by molar-refractivity contribution is -0.143. The van der Waals surface area contributed by atoms with E-state index in [0.717, 1.165) is 5.56 Å². The second-order valence-corrected chi connectivity index (χ2v) is 10.1. The molecule has 2 amide bonds. The molecule has 0 aliphatic carbocycles. The Morgan fingerprint density at radius 3 is 2.40 bits per heavy atom. The Balaban J connectivity index is 1.96. The third kappa shape index (κ3) is 7.02. The Morgan fingerprint density at radius 2 is 1.77 bits per heavy atom. The van der Waals surface area contributed by atoms with Crippen LogP contribution in [0.5, 0.6) is 0 Å². The lowest BCUT2D eigenvalue weighted by Gasteiger charge is -2.40. The van der Waals surface area contributed by atoms with Gasteiger partial charge < -0.3 is 25.4 Å². The van der Waals surface area contributed by atoms with Gasteiger partial charge in [-0.1, -0.05) is 53.5 Å². The van der Waals surface area contributed by atoms with Crippen LogP contribution in [-0.4, -0.2) is 43.3 Å². The van der Waals surface area contributed by atoms with Crippen molar-refractivity contribution < 1.29 is 23.9 Å². The van der Waals surface area contributed by atoms with Gasteiger partial charge in [0.2, 0.25) is 5.91 Å². The van der Waals surface area contributed by atoms with Crippen molar-refractivity contribution in [2.75, 3.05) is 19.0 Å². The molecular formula is C25H29Cl2N3O5. The lowest BCUT2D eigenvalue weighted by Crippen LogP contribution is -2.53. The standard InChI is InChI=1S/C25H29Cl2N3O5/c1-25(2,3)35-24(33)28-13-16-21(30-19(31)10-14-8-6-5-7-9-14)20-17(27)11-15(26)12-18(20)29-22(16)23(32)34-4/h5-9,11-12,16,21-22,29H,10,13H2,1-4H3,(H,28,33)(H,30,31)/t16-,21?,22-/m0/s1. The van der Waals surface area contributed by atoms with E-state index in [0.29, 0.717) is 21.3 Å². The fourth-order valence-electron chi connectivity index (χ4n) is 4.00. The van der Waals surface area contributed by atoms with Crippen molar-refractivity contribution in [1.82, 2.24) is 10.6 Å². The second-order valence-electron chi connectivity index (χ2n) is 9.25. The van der Waals surface area contributed by atoms with E-state index in [2.05, 4.69) is 16.0 Å². The van der Waals surface area contributed by atoms with Crippen molar-refractivity contribution in [3.63, 3.8) is 0 Å². The van der Waals surface area contributed by atoms with Crippen molar-refractivity contribution in [2.24, 2.45) is 5.92 Å². The van der Waals surface area contributed by atoms with Crippen molar-refractivity contribution in [3.05, 3.63) is 63.6 Å². The van der Waals surface area contributed by atoms with Crippen LogP contribution in [0.1, 0.15) is 37.9 Å². The summed E-state index contributed by atoms with van der Waals surface area (Å²) in [7, 11) is 1.27. The molecular weight excluding hydrogens is 493 g/mol. The van der Waals surface area contributed by atoms with Crippen molar-refractivity contribution >= 4 is 46.9 Å². The molecule has 0 spiro atoms. The molecule has 188 valence electrons. The number of halogens is 2. The minimum absolute atomic E-state index is 0.00361. The van der Waals surface area contributed by atoms with E-state index < -0.39 is 35.7 Å². The van der Waals surface area contributed by atoms with Gasteiger partial charge in [-0.3, -0.25) is 4.79 Å². The summed E-state index contributed by atoms with van der Waals surface area (Å²) >= 11 is 12.8. The molecule has 3 N–H and O–H groups in total. The van der Waals surface area contributed by atoms with Gasteiger partial charge in [-0.15, -0.1) is 0 Å². The summed E-state index contributed by atoms with van der Waals surface area (Å²) in [5.41, 5.74) is 1.19. The molecule has 1 aliphatic heterocycles. The summed E-state index contributed by atoms with van der Waals surface area (Å²) in [6.45, 7) is 5.24. The van der Waals surface area contributed by atoms with Gasteiger partial charge >= 0.3 is 12.1 Å². The first kappa shape index (κ1) is 26.6. The van der Waals surface area contributed by atoms with E-state index in [1.165, 1.54) is 7.11 Å². The number of hydrogen-bond donors (Lipinski definition) is 3. The first-order valence-corrected chi connectivity index (χ1v) is 11.9. The van der Waals surface area contributed by atoms with Gasteiger partial charge in [-0.25, -0.2) is 9.59 Å². The maximum atomic E-state index is 13.1. The van der Waals surface area contributed by atoms with Gasteiger partial charge in [-0.05, 0) is 38.5 Å². The van der Waals surface area contributed by atoms with Gasteiger partial charge in [0.25, 0.3) is 0 Å². The highest BCUT2D eigenvalue weighted by molar-refractivity contribution is 6.35. The second kappa shape index (κ2) is 11.2. The van der Waals surface area contributed by atoms with Crippen LogP contribution >= 0.6 is 23.2 Å². The zero-order valence-corrected chi connectivity index (χ0v) is 21.5. The van der Waals surface area contributed by atoms with E-state index in [1.54, 1.807) is 32.9 Å². The summed E-state index contributed by atoms with van der Waals surface area (Å²) < 4.78 is 10.3. The largest absolute Gasteiger partial charge is 0.467 e. The third-order valence-electron chi connectivity index (χ3n) is 5.43. The van der Waals surface area contributed by atoms with E-state index in [4.69, 9.17) is 32.7 Å². The van der Waals surface area contributed by atoms with Crippen LogP contribution in [0.25, 0.3) is 0 Å². The number of methoxy groups -OCH3 is 1. The number of anilines is 1. The van der Waals surface area contributed by atoms with Gasteiger partial charge in [0, 0.05) is 33.8 Å². The Morgan fingerprint density at radius 1 is 1.09 bits per heavy atom. The topological polar surface area (TPSA) is 106 Å². The molecule has 1 aliphatic rings. The molecule has 2 aromatic rings. The summed E-state index contributed by atoms with van der Waals surface area (Å²) in [5.74, 6) is -1.49. The van der Waals surface area contributed by atoms with Gasteiger partial charge in [-0.2, -0.15) is 0 Å². The van der Waals surface area contributed by atoms with Crippen molar-refractivity contribution in [1.29, 1.82) is 0 Å². The zero-order chi connectivity index (χ0) is 25.8.